The van der Waals surface area contributed by atoms with Crippen molar-refractivity contribution in [1.82, 2.24) is 0 Å². The number of halogens is 3. The highest BCUT2D eigenvalue weighted by Gasteiger charge is 2.36. The van der Waals surface area contributed by atoms with Gasteiger partial charge in [-0.05, 0) is 31.2 Å². The molecule has 1 aromatic carbocycles. The van der Waals surface area contributed by atoms with Gasteiger partial charge in [0.05, 0.1) is 6.61 Å². The van der Waals surface area contributed by atoms with E-state index in [4.69, 9.17) is 4.74 Å². The number of benzene rings is 1. The molecule has 0 amide bonds. The summed E-state index contributed by atoms with van der Waals surface area (Å²) < 4.78 is 41.0. The lowest BCUT2D eigenvalue weighted by Gasteiger charge is -2.05. The molecular weight excluding hydrogens is 249 g/mol. The molecule has 0 heterocycles. The average molecular weight is 260 g/mol. The molecule has 98 valence electrons. The summed E-state index contributed by atoms with van der Waals surface area (Å²) in [5, 5.41) is 9.37. The Bertz CT molecular complexity index is 447. The van der Waals surface area contributed by atoms with Gasteiger partial charge in [0.15, 0.2) is 0 Å². The molecule has 0 aliphatic heterocycles. The first-order valence-corrected chi connectivity index (χ1v) is 5.09. The zero-order valence-corrected chi connectivity index (χ0v) is 9.49. The third-order valence-corrected chi connectivity index (χ3v) is 2.01. The van der Waals surface area contributed by atoms with Crippen LogP contribution in [0.3, 0.4) is 0 Å². The van der Waals surface area contributed by atoms with E-state index in [-0.39, 0.29) is 11.6 Å². The van der Waals surface area contributed by atoms with Crippen LogP contribution in [0.5, 0.6) is 5.75 Å². The van der Waals surface area contributed by atoms with Crippen molar-refractivity contribution in [3.05, 3.63) is 35.9 Å². The molecule has 0 unspecified atom stereocenters. The van der Waals surface area contributed by atoms with Crippen molar-refractivity contribution in [1.29, 1.82) is 0 Å². The Morgan fingerprint density at radius 2 is 1.89 bits per heavy atom. The number of hydrogen-bond donors (Lipinski definition) is 1. The highest BCUT2D eigenvalue weighted by molar-refractivity contribution is 5.99. The average Bonchev–Trinajstić information content (AvgIpc) is 2.29. The van der Waals surface area contributed by atoms with E-state index >= 15 is 0 Å². The van der Waals surface area contributed by atoms with Crippen LogP contribution in [-0.2, 0) is 4.79 Å². The van der Waals surface area contributed by atoms with Crippen LogP contribution >= 0.6 is 0 Å². The summed E-state index contributed by atoms with van der Waals surface area (Å²) in [6, 6.07) is 5.70. The van der Waals surface area contributed by atoms with Gasteiger partial charge in [-0.3, -0.25) is 4.79 Å². The zero-order valence-electron chi connectivity index (χ0n) is 9.49. The van der Waals surface area contributed by atoms with Gasteiger partial charge in [-0.25, -0.2) is 0 Å². The highest BCUT2D eigenvalue weighted by Crippen LogP contribution is 2.21. The van der Waals surface area contributed by atoms with Gasteiger partial charge < -0.3 is 9.84 Å². The fraction of sp³-hybridized carbons (Fsp3) is 0.250. The van der Waals surface area contributed by atoms with Crippen LogP contribution in [0.15, 0.2) is 30.3 Å². The first-order valence-electron chi connectivity index (χ1n) is 5.09. The number of aliphatic hydroxyl groups is 1. The Morgan fingerprint density at radius 3 is 2.33 bits per heavy atom. The summed E-state index contributed by atoms with van der Waals surface area (Å²) in [7, 11) is 0. The number of carbonyl (C=O) groups excluding carboxylic acids is 1. The van der Waals surface area contributed by atoms with Gasteiger partial charge in [-0.15, -0.1) is 0 Å². The van der Waals surface area contributed by atoms with E-state index in [1.54, 1.807) is 6.92 Å². The van der Waals surface area contributed by atoms with E-state index in [9.17, 15) is 23.1 Å². The molecule has 0 fully saturated rings. The van der Waals surface area contributed by atoms with Crippen molar-refractivity contribution in [3.63, 3.8) is 0 Å². The quantitative estimate of drug-likeness (QED) is 0.668. The number of hydrogen-bond acceptors (Lipinski definition) is 3. The number of aliphatic hydroxyl groups excluding tert-OH is 1. The van der Waals surface area contributed by atoms with Crippen molar-refractivity contribution in [3.8, 4) is 5.75 Å². The minimum Gasteiger partial charge on any atom is -0.507 e. The van der Waals surface area contributed by atoms with Crippen LogP contribution in [-0.4, -0.2) is 23.7 Å². The maximum atomic E-state index is 12.0. The number of carbonyl (C=O) groups is 1. The first-order chi connectivity index (χ1) is 8.34. The molecule has 1 rings (SSSR count). The van der Waals surface area contributed by atoms with Gasteiger partial charge in [0.2, 0.25) is 0 Å². The Morgan fingerprint density at radius 1 is 1.33 bits per heavy atom. The molecule has 0 aromatic heterocycles. The van der Waals surface area contributed by atoms with Gasteiger partial charge >= 0.3 is 6.18 Å². The van der Waals surface area contributed by atoms with E-state index in [2.05, 4.69) is 0 Å². The van der Waals surface area contributed by atoms with Crippen LogP contribution in [0.1, 0.15) is 12.5 Å². The van der Waals surface area contributed by atoms with E-state index < -0.39 is 17.7 Å². The number of alkyl halides is 3. The maximum absolute atomic E-state index is 12.0. The molecule has 0 saturated heterocycles. The summed E-state index contributed by atoms with van der Waals surface area (Å²) in [5.74, 6) is -2.31. The number of allylic oxidation sites excluding steroid dienone is 1. The molecule has 3 nitrogen and oxygen atoms in total. The maximum Gasteiger partial charge on any atom is 0.454 e. The molecule has 6 heteroatoms. The predicted octanol–water partition coefficient (Wildman–Crippen LogP) is 3.12. The normalized spacial score (nSPS) is 12.3. The van der Waals surface area contributed by atoms with Gasteiger partial charge in [-0.2, -0.15) is 13.2 Å². The monoisotopic (exact) mass is 260 g/mol. The highest BCUT2D eigenvalue weighted by atomic mass is 19.4. The summed E-state index contributed by atoms with van der Waals surface area (Å²) in [5.41, 5.74) is 0.107. The smallest absolute Gasteiger partial charge is 0.454 e. The predicted molar refractivity (Wildman–Crippen MR) is 59.3 cm³/mol. The molecule has 18 heavy (non-hydrogen) atoms. The topological polar surface area (TPSA) is 46.5 Å². The van der Waals surface area contributed by atoms with Crippen molar-refractivity contribution < 1.29 is 27.8 Å². The van der Waals surface area contributed by atoms with Gasteiger partial charge in [0, 0.05) is 11.6 Å². The fourth-order valence-corrected chi connectivity index (χ4v) is 1.18. The standard InChI is InChI=1S/C12H11F3O3/c1-2-18-9-5-3-8(4-6-9)10(16)7-11(17)12(13,14)15/h3-7,16H,2H2,1H3/b10-7-. The molecule has 1 N–H and O–H groups in total. The second-order valence-electron chi connectivity index (χ2n) is 3.35. The SMILES string of the molecule is CCOc1ccc(/C(O)=C/C(=O)C(F)(F)F)cc1. The lowest BCUT2D eigenvalue weighted by Crippen LogP contribution is -2.20. The van der Waals surface area contributed by atoms with Gasteiger partial charge in [-0.1, -0.05) is 0 Å². The van der Waals surface area contributed by atoms with Crippen molar-refractivity contribution in [2.24, 2.45) is 0 Å². The van der Waals surface area contributed by atoms with Crippen molar-refractivity contribution in [2.75, 3.05) is 6.61 Å². The van der Waals surface area contributed by atoms with E-state index in [1.165, 1.54) is 24.3 Å². The summed E-state index contributed by atoms with van der Waals surface area (Å²) in [4.78, 5) is 10.6. The van der Waals surface area contributed by atoms with Crippen LogP contribution < -0.4 is 4.74 Å². The Balaban J connectivity index is 2.87. The Kier molecular flexibility index (Phi) is 4.36. The van der Waals surface area contributed by atoms with Gasteiger partial charge in [0.1, 0.15) is 11.5 Å². The van der Waals surface area contributed by atoms with Gasteiger partial charge in [0.25, 0.3) is 5.78 Å². The molecule has 0 bridgehead atoms. The summed E-state index contributed by atoms with van der Waals surface area (Å²) in [6.07, 6.45) is -4.84. The zero-order chi connectivity index (χ0) is 13.8. The molecule has 0 radical (unpaired) electrons. The molecule has 0 saturated carbocycles. The lowest BCUT2D eigenvalue weighted by atomic mass is 10.1. The van der Waals surface area contributed by atoms with Crippen LogP contribution in [0.2, 0.25) is 0 Å². The Hall–Kier alpha value is -1.98. The van der Waals surface area contributed by atoms with E-state index in [1.807, 2.05) is 0 Å². The Labute approximate surface area is 101 Å². The van der Waals surface area contributed by atoms with Crippen LogP contribution in [0.25, 0.3) is 5.76 Å². The second-order valence-corrected chi connectivity index (χ2v) is 3.35. The largest absolute Gasteiger partial charge is 0.507 e. The van der Waals surface area contributed by atoms with Crippen molar-refractivity contribution >= 4 is 11.5 Å². The summed E-state index contributed by atoms with van der Waals surface area (Å²) in [6.45, 7) is 2.24. The first kappa shape index (κ1) is 14.1. The molecule has 0 aliphatic carbocycles. The molecule has 0 atom stereocenters. The summed E-state index contributed by atoms with van der Waals surface area (Å²) >= 11 is 0. The van der Waals surface area contributed by atoms with E-state index in [0.717, 1.165) is 0 Å². The number of ketones is 1. The number of ether oxygens (including phenoxy) is 1. The molecule has 0 spiro atoms. The molecule has 1 aromatic rings. The minimum atomic E-state index is -4.99. The lowest BCUT2D eigenvalue weighted by molar-refractivity contribution is -0.165. The fourth-order valence-electron chi connectivity index (χ4n) is 1.18. The third-order valence-electron chi connectivity index (χ3n) is 2.01. The minimum absolute atomic E-state index is 0.107. The van der Waals surface area contributed by atoms with Crippen LogP contribution in [0, 0.1) is 0 Å². The second kappa shape index (κ2) is 5.57. The number of rotatable bonds is 4. The van der Waals surface area contributed by atoms with Crippen molar-refractivity contribution in [2.45, 2.75) is 13.1 Å². The third kappa shape index (κ3) is 3.80. The van der Waals surface area contributed by atoms with E-state index in [0.29, 0.717) is 12.4 Å². The molecular formula is C12H11F3O3. The van der Waals surface area contributed by atoms with Crippen LogP contribution in [0.4, 0.5) is 13.2 Å². The molecule has 0 aliphatic rings.